The highest BCUT2D eigenvalue weighted by Gasteiger charge is 2.16. The number of hydrogen-bond acceptors (Lipinski definition) is 2. The molecule has 1 aromatic rings. The Morgan fingerprint density at radius 2 is 1.83 bits per heavy atom. The fourth-order valence-corrected chi connectivity index (χ4v) is 2.82. The van der Waals surface area contributed by atoms with Gasteiger partial charge in [-0.25, -0.2) is 4.79 Å². The van der Waals surface area contributed by atoms with E-state index in [1.54, 1.807) is 11.5 Å². The Bertz CT molecular complexity index is 648. The first-order valence-electron chi connectivity index (χ1n) is 5.55. The third-order valence-electron chi connectivity index (χ3n) is 2.88. The summed E-state index contributed by atoms with van der Waals surface area (Å²) in [6, 6.07) is 8.12. The van der Waals surface area contributed by atoms with Gasteiger partial charge in [-0.3, -0.25) is 0 Å². The second-order valence-electron chi connectivity index (χ2n) is 4.07. The van der Waals surface area contributed by atoms with E-state index in [0.717, 1.165) is 21.6 Å². The second kappa shape index (κ2) is 4.35. The lowest BCUT2D eigenvalue weighted by atomic mass is 10.1. The average molecular weight is 254 g/mol. The highest BCUT2D eigenvalue weighted by Crippen LogP contribution is 2.37. The van der Waals surface area contributed by atoms with Crippen molar-refractivity contribution in [2.45, 2.75) is 0 Å². The summed E-state index contributed by atoms with van der Waals surface area (Å²) in [6.45, 7) is 0. The van der Waals surface area contributed by atoms with E-state index in [2.05, 4.69) is 18.2 Å². The summed E-state index contributed by atoms with van der Waals surface area (Å²) in [4.78, 5) is 12.0. The summed E-state index contributed by atoms with van der Waals surface area (Å²) in [5.41, 5.74) is 3.60. The molecule has 0 saturated heterocycles. The van der Waals surface area contributed by atoms with Crippen molar-refractivity contribution in [1.29, 1.82) is 0 Å². The quantitative estimate of drug-likeness (QED) is 0.830. The molecule has 3 rings (SSSR count). The van der Waals surface area contributed by atoms with E-state index in [4.69, 9.17) is 5.11 Å². The standard InChI is InChI=1S/C15H10O2S/c16-15(17)13-7-12-6-5-10-3-1-2-4-11(10)8-14(12)18-9-13/h1-9H,(H,16,17). The van der Waals surface area contributed by atoms with E-state index in [0.29, 0.717) is 5.57 Å². The molecule has 18 heavy (non-hydrogen) atoms. The molecule has 0 bridgehead atoms. The van der Waals surface area contributed by atoms with Crippen molar-refractivity contribution < 1.29 is 9.90 Å². The maximum absolute atomic E-state index is 11.0. The van der Waals surface area contributed by atoms with Crippen molar-refractivity contribution in [2.24, 2.45) is 0 Å². The number of benzene rings is 1. The lowest BCUT2D eigenvalue weighted by Crippen LogP contribution is -2.01. The van der Waals surface area contributed by atoms with Crippen LogP contribution in [0.1, 0.15) is 11.1 Å². The highest BCUT2D eigenvalue weighted by molar-refractivity contribution is 8.06. The Morgan fingerprint density at radius 3 is 2.61 bits per heavy atom. The van der Waals surface area contributed by atoms with Gasteiger partial charge >= 0.3 is 5.97 Å². The molecule has 0 unspecified atom stereocenters. The molecular formula is C15H10O2S. The molecule has 1 aliphatic heterocycles. The van der Waals surface area contributed by atoms with Gasteiger partial charge in [0.2, 0.25) is 0 Å². The van der Waals surface area contributed by atoms with Gasteiger partial charge in [0.15, 0.2) is 0 Å². The van der Waals surface area contributed by atoms with Crippen molar-refractivity contribution in [3.05, 3.63) is 69.0 Å². The molecule has 0 radical (unpaired) electrons. The van der Waals surface area contributed by atoms with Crippen molar-refractivity contribution in [1.82, 2.24) is 0 Å². The zero-order valence-corrected chi connectivity index (χ0v) is 10.3. The van der Waals surface area contributed by atoms with Gasteiger partial charge in [-0.2, -0.15) is 0 Å². The Balaban J connectivity index is 2.09. The van der Waals surface area contributed by atoms with Crippen LogP contribution in [0, 0.1) is 0 Å². The molecule has 1 N–H and O–H groups in total. The predicted octanol–water partition coefficient (Wildman–Crippen LogP) is 3.70. The first-order valence-corrected chi connectivity index (χ1v) is 6.43. The third-order valence-corrected chi connectivity index (χ3v) is 3.86. The summed E-state index contributed by atoms with van der Waals surface area (Å²) in [5, 5.41) is 10.7. The molecule has 0 aromatic heterocycles. The molecule has 3 heteroatoms. The van der Waals surface area contributed by atoms with E-state index in [1.807, 2.05) is 24.3 Å². The number of carboxylic acids is 1. The monoisotopic (exact) mass is 254 g/mol. The van der Waals surface area contributed by atoms with Crippen LogP contribution in [0.2, 0.25) is 0 Å². The largest absolute Gasteiger partial charge is 0.478 e. The van der Waals surface area contributed by atoms with Crippen LogP contribution in [0.15, 0.2) is 57.9 Å². The minimum atomic E-state index is -0.885. The molecule has 0 atom stereocenters. The van der Waals surface area contributed by atoms with Gasteiger partial charge in [-0.1, -0.05) is 48.2 Å². The predicted molar refractivity (Wildman–Crippen MR) is 74.8 cm³/mol. The van der Waals surface area contributed by atoms with Crippen molar-refractivity contribution in [3.63, 3.8) is 0 Å². The van der Waals surface area contributed by atoms with Gasteiger partial charge in [0.25, 0.3) is 0 Å². The van der Waals surface area contributed by atoms with E-state index in [9.17, 15) is 4.79 Å². The zero-order chi connectivity index (χ0) is 12.5. The zero-order valence-electron chi connectivity index (χ0n) is 9.46. The fourth-order valence-electron chi connectivity index (χ4n) is 1.94. The van der Waals surface area contributed by atoms with Crippen molar-refractivity contribution in [2.75, 3.05) is 0 Å². The number of fused-ring (bicyclic) bond motifs is 2. The molecule has 0 saturated carbocycles. The topological polar surface area (TPSA) is 37.3 Å². The van der Waals surface area contributed by atoms with Gasteiger partial charge in [0.1, 0.15) is 0 Å². The molecule has 88 valence electrons. The molecule has 0 fully saturated rings. The van der Waals surface area contributed by atoms with Crippen molar-refractivity contribution in [3.8, 4) is 0 Å². The van der Waals surface area contributed by atoms with Crippen LogP contribution in [0.3, 0.4) is 0 Å². The maximum atomic E-state index is 11.0. The van der Waals surface area contributed by atoms with Gasteiger partial charge in [-0.15, -0.1) is 0 Å². The van der Waals surface area contributed by atoms with Gasteiger partial charge in [0.05, 0.1) is 5.57 Å². The maximum Gasteiger partial charge on any atom is 0.336 e. The van der Waals surface area contributed by atoms with Gasteiger partial charge in [0, 0.05) is 4.91 Å². The van der Waals surface area contributed by atoms with Crippen LogP contribution >= 0.6 is 11.8 Å². The van der Waals surface area contributed by atoms with E-state index in [-0.39, 0.29) is 0 Å². The number of rotatable bonds is 1. The summed E-state index contributed by atoms with van der Waals surface area (Å²) in [5.74, 6) is -0.885. The minimum absolute atomic E-state index is 0.336. The van der Waals surface area contributed by atoms with Crippen LogP contribution in [0.4, 0.5) is 0 Å². The number of thioether (sulfide) groups is 1. The van der Waals surface area contributed by atoms with Gasteiger partial charge in [-0.05, 0) is 34.3 Å². The summed E-state index contributed by atoms with van der Waals surface area (Å²) in [7, 11) is 0. The van der Waals surface area contributed by atoms with Crippen LogP contribution in [-0.2, 0) is 4.79 Å². The third kappa shape index (κ3) is 1.93. The van der Waals surface area contributed by atoms with Crippen LogP contribution in [-0.4, -0.2) is 11.1 Å². The summed E-state index contributed by atoms with van der Waals surface area (Å²) >= 11 is 1.46. The second-order valence-corrected chi connectivity index (χ2v) is 4.98. The first-order chi connectivity index (χ1) is 8.74. The normalized spacial score (nSPS) is 16.8. The molecule has 2 nitrogen and oxygen atoms in total. The van der Waals surface area contributed by atoms with Crippen molar-refractivity contribution >= 4 is 29.9 Å². The number of allylic oxidation sites excluding steroid dienone is 2. The van der Waals surface area contributed by atoms with Gasteiger partial charge < -0.3 is 5.11 Å². The Kier molecular flexibility index (Phi) is 2.68. The molecule has 0 spiro atoms. The highest BCUT2D eigenvalue weighted by atomic mass is 32.2. The Morgan fingerprint density at radius 1 is 1.06 bits per heavy atom. The first kappa shape index (κ1) is 11.1. The smallest absolute Gasteiger partial charge is 0.336 e. The molecular weight excluding hydrogens is 244 g/mol. The number of hydrogen-bond donors (Lipinski definition) is 1. The number of aliphatic carboxylic acids is 1. The van der Waals surface area contributed by atoms with Crippen LogP contribution in [0.25, 0.3) is 12.2 Å². The van der Waals surface area contributed by atoms with E-state index in [1.165, 1.54) is 11.8 Å². The number of carbonyl (C=O) groups is 1. The lowest BCUT2D eigenvalue weighted by Gasteiger charge is -2.11. The average Bonchev–Trinajstić information content (AvgIpc) is 2.56. The summed E-state index contributed by atoms with van der Waals surface area (Å²) in [6.07, 6.45) is 7.81. The Hall–Kier alpha value is -2.00. The SMILES string of the molecule is O=C(O)C1=CSC2=Cc3ccccc3C=CC2=C1. The molecule has 1 heterocycles. The lowest BCUT2D eigenvalue weighted by molar-refractivity contribution is -0.132. The molecule has 0 amide bonds. The molecule has 1 aliphatic carbocycles. The minimum Gasteiger partial charge on any atom is -0.478 e. The van der Waals surface area contributed by atoms with Crippen LogP contribution < -0.4 is 0 Å². The van der Waals surface area contributed by atoms with Crippen LogP contribution in [0.5, 0.6) is 0 Å². The van der Waals surface area contributed by atoms with E-state index < -0.39 is 5.97 Å². The van der Waals surface area contributed by atoms with E-state index >= 15 is 0 Å². The number of carboxylic acid groups (broad SMARTS) is 1. The molecule has 1 aromatic carbocycles. The molecule has 2 aliphatic rings. The summed E-state index contributed by atoms with van der Waals surface area (Å²) < 4.78 is 0. The fraction of sp³-hybridized carbons (Fsp3) is 0. The Labute approximate surface area is 109 Å².